The number of unbranched alkanes of at least 4 members (excludes halogenated alkanes) is 1. The highest BCUT2D eigenvalue weighted by molar-refractivity contribution is 5.98. The summed E-state index contributed by atoms with van der Waals surface area (Å²) in [6.07, 6.45) is 10.1. The summed E-state index contributed by atoms with van der Waals surface area (Å²) < 4.78 is 13.4. The van der Waals surface area contributed by atoms with Gasteiger partial charge in [-0.2, -0.15) is 5.10 Å². The van der Waals surface area contributed by atoms with Gasteiger partial charge >= 0.3 is 5.97 Å². The molecule has 0 saturated heterocycles. The standard InChI is InChI=1S/C50H72N6O7/c1-31(2)40-29-36(48(59)55(6)23-13-22-54(5)21-12-14-32(3)39(33(4)57)15-9-10-20-51)18-19-42(40)56-43(46-44(62-7)16-11-17-45(46)63-8)30-41(53-56)47(58)52-50(49(60)61)37-25-34-24-35(27-37)28-38(50)26-34/h11,16-19,29-32,34-35,37-39H,9-10,12-15,20-28,51H2,1-8H3,(H,52,58)(H,60,61). The molecule has 4 bridgehead atoms. The molecule has 4 saturated carbocycles. The van der Waals surface area contributed by atoms with Gasteiger partial charge in [0.25, 0.3) is 11.8 Å². The van der Waals surface area contributed by atoms with Crippen LogP contribution < -0.4 is 20.5 Å². The van der Waals surface area contributed by atoms with Gasteiger partial charge in [0, 0.05) is 25.1 Å². The molecule has 2 amide bonds. The number of hydrogen-bond acceptors (Lipinski definition) is 9. The monoisotopic (exact) mass is 869 g/mol. The first-order valence-corrected chi connectivity index (χ1v) is 23.3. The number of rotatable bonds is 23. The number of Topliss-reactive ketones (excluding diaryl/α,β-unsaturated/α-hetero) is 1. The maximum Gasteiger partial charge on any atom is 0.330 e. The number of nitrogens with two attached hydrogens (primary N) is 1. The highest BCUT2D eigenvalue weighted by atomic mass is 16.5. The smallest absolute Gasteiger partial charge is 0.330 e. The first kappa shape index (κ1) is 47.7. The number of carbonyl (C=O) groups excluding carboxylic acids is 3. The fraction of sp³-hybridized carbons (Fsp3) is 0.620. The minimum Gasteiger partial charge on any atom is -0.496 e. The highest BCUT2D eigenvalue weighted by Gasteiger charge is 2.62. The lowest BCUT2D eigenvalue weighted by Gasteiger charge is -2.59. The molecular weight excluding hydrogens is 797 g/mol. The lowest BCUT2D eigenvalue weighted by Crippen LogP contribution is -2.70. The van der Waals surface area contributed by atoms with Gasteiger partial charge in [-0.05, 0) is 175 Å². The Kier molecular flexibility index (Phi) is 15.8. The van der Waals surface area contributed by atoms with Crippen molar-refractivity contribution in [2.75, 3.05) is 54.5 Å². The normalized spacial score (nSPS) is 22.3. The van der Waals surface area contributed by atoms with Crippen LogP contribution in [0.3, 0.4) is 0 Å². The second-order valence-electron chi connectivity index (χ2n) is 19.2. The molecule has 2 unspecified atom stereocenters. The molecule has 13 heteroatoms. The van der Waals surface area contributed by atoms with E-state index < -0.39 is 17.4 Å². The van der Waals surface area contributed by atoms with Crippen LogP contribution in [0.1, 0.15) is 131 Å². The number of hydrogen-bond donors (Lipinski definition) is 3. The minimum atomic E-state index is -1.34. The number of methoxy groups -OCH3 is 2. The molecule has 0 spiro atoms. The van der Waals surface area contributed by atoms with E-state index in [9.17, 15) is 24.3 Å². The summed E-state index contributed by atoms with van der Waals surface area (Å²) in [4.78, 5) is 58.0. The molecule has 4 N–H and O–H groups in total. The third-order valence-corrected chi connectivity index (χ3v) is 14.6. The number of nitrogens with one attached hydrogen (secondary N) is 1. The van der Waals surface area contributed by atoms with Crippen LogP contribution in [0.2, 0.25) is 0 Å². The first-order chi connectivity index (χ1) is 30.1. The molecule has 0 radical (unpaired) electrons. The van der Waals surface area contributed by atoms with Crippen molar-refractivity contribution in [2.24, 2.45) is 41.2 Å². The first-order valence-electron chi connectivity index (χ1n) is 23.3. The Hall–Kier alpha value is -4.75. The Morgan fingerprint density at radius 2 is 1.51 bits per heavy atom. The van der Waals surface area contributed by atoms with E-state index in [4.69, 9.17) is 20.3 Å². The zero-order chi connectivity index (χ0) is 45.6. The van der Waals surface area contributed by atoms with Crippen molar-refractivity contribution in [1.82, 2.24) is 24.9 Å². The van der Waals surface area contributed by atoms with Crippen molar-refractivity contribution in [3.63, 3.8) is 0 Å². The molecule has 4 aliphatic rings. The molecule has 13 nitrogen and oxygen atoms in total. The maximum absolute atomic E-state index is 14.4. The minimum absolute atomic E-state index is 0.0386. The summed E-state index contributed by atoms with van der Waals surface area (Å²) >= 11 is 0. The molecule has 344 valence electrons. The molecule has 1 heterocycles. The van der Waals surface area contributed by atoms with Gasteiger partial charge in [-0.25, -0.2) is 9.48 Å². The van der Waals surface area contributed by atoms with E-state index in [0.717, 1.165) is 89.3 Å². The molecule has 1 aromatic heterocycles. The van der Waals surface area contributed by atoms with Crippen LogP contribution in [0, 0.1) is 35.5 Å². The van der Waals surface area contributed by atoms with Gasteiger partial charge < -0.3 is 35.4 Å². The quantitative estimate of drug-likeness (QED) is 0.0799. The summed E-state index contributed by atoms with van der Waals surface area (Å²) in [6, 6.07) is 12.7. The fourth-order valence-electron chi connectivity index (χ4n) is 11.4. The van der Waals surface area contributed by atoms with Crippen molar-refractivity contribution in [1.29, 1.82) is 0 Å². The van der Waals surface area contributed by atoms with Crippen molar-refractivity contribution in [2.45, 2.75) is 110 Å². The van der Waals surface area contributed by atoms with Crippen LogP contribution >= 0.6 is 0 Å². The molecule has 63 heavy (non-hydrogen) atoms. The van der Waals surface area contributed by atoms with E-state index in [1.807, 2.05) is 37.4 Å². The lowest BCUT2D eigenvalue weighted by molar-refractivity contribution is -0.163. The number of nitrogens with zero attached hydrogens (tertiary/aromatic N) is 4. The van der Waals surface area contributed by atoms with E-state index in [2.05, 4.69) is 38.0 Å². The van der Waals surface area contributed by atoms with Gasteiger partial charge in [0.15, 0.2) is 5.69 Å². The number of ketones is 1. The van der Waals surface area contributed by atoms with Gasteiger partial charge in [0.1, 0.15) is 22.8 Å². The van der Waals surface area contributed by atoms with Gasteiger partial charge in [-0.15, -0.1) is 0 Å². The highest BCUT2D eigenvalue weighted by Crippen LogP contribution is 2.58. The van der Waals surface area contributed by atoms with Crippen LogP contribution in [-0.4, -0.2) is 108 Å². The topological polar surface area (TPSA) is 169 Å². The Labute approximate surface area is 374 Å². The van der Waals surface area contributed by atoms with Crippen molar-refractivity contribution < 1.29 is 33.8 Å². The molecule has 2 atom stereocenters. The predicted molar refractivity (Wildman–Crippen MR) is 246 cm³/mol. The van der Waals surface area contributed by atoms with Crippen LogP contribution in [0.25, 0.3) is 16.9 Å². The Morgan fingerprint density at radius 1 is 0.873 bits per heavy atom. The fourth-order valence-corrected chi connectivity index (χ4v) is 11.4. The molecule has 4 aliphatic carbocycles. The van der Waals surface area contributed by atoms with Gasteiger partial charge in [0.2, 0.25) is 0 Å². The number of ether oxygens (including phenoxy) is 2. The van der Waals surface area contributed by atoms with Crippen molar-refractivity contribution in [3.05, 3.63) is 59.3 Å². The largest absolute Gasteiger partial charge is 0.496 e. The number of aliphatic carboxylic acids is 1. The van der Waals surface area contributed by atoms with E-state index in [-0.39, 0.29) is 41.1 Å². The Morgan fingerprint density at radius 3 is 2.08 bits per heavy atom. The summed E-state index contributed by atoms with van der Waals surface area (Å²) in [5.41, 5.74) is 7.60. The van der Waals surface area contributed by atoms with E-state index in [1.54, 1.807) is 42.9 Å². The van der Waals surface area contributed by atoms with Gasteiger partial charge in [0.05, 0.1) is 31.2 Å². The summed E-state index contributed by atoms with van der Waals surface area (Å²) in [5.74, 6) is 0.908. The van der Waals surface area contributed by atoms with Gasteiger partial charge in [-0.3, -0.25) is 14.4 Å². The molecule has 3 aromatic rings. The third-order valence-electron chi connectivity index (χ3n) is 14.6. The zero-order valence-electron chi connectivity index (χ0n) is 39.0. The average molecular weight is 869 g/mol. The van der Waals surface area contributed by atoms with Crippen LogP contribution in [0.15, 0.2) is 42.5 Å². The number of carbonyl (C=O) groups is 4. The van der Waals surface area contributed by atoms with Crippen molar-refractivity contribution >= 4 is 23.6 Å². The second kappa shape index (κ2) is 20.8. The molecule has 0 aliphatic heterocycles. The Balaban J connectivity index is 1.20. The molecule has 7 rings (SSSR count). The number of amides is 2. The SMILES string of the molecule is COc1cccc(OC)c1-c1cc(C(=O)NC2(C(=O)O)C3CC4CC(C3)CC2C4)nn1-c1ccc(C(=O)N(C)CCCN(C)CCCC(C)C(CCCCN)C(C)=O)cc1C(C)C. The van der Waals surface area contributed by atoms with Crippen LogP contribution in [-0.2, 0) is 9.59 Å². The summed E-state index contributed by atoms with van der Waals surface area (Å²) in [7, 11) is 7.09. The molecular formula is C50H72N6O7. The van der Waals surface area contributed by atoms with Crippen molar-refractivity contribution in [3.8, 4) is 28.4 Å². The van der Waals surface area contributed by atoms with Gasteiger partial charge in [-0.1, -0.05) is 33.3 Å². The average Bonchev–Trinajstić information content (AvgIpc) is 3.70. The number of benzene rings is 2. The Bertz CT molecular complexity index is 2050. The number of aromatic nitrogens is 2. The van der Waals surface area contributed by atoms with E-state index >= 15 is 0 Å². The lowest BCUT2D eigenvalue weighted by atomic mass is 9.48. The van der Waals surface area contributed by atoms with E-state index in [0.29, 0.717) is 64.9 Å². The molecule has 4 fully saturated rings. The predicted octanol–water partition coefficient (Wildman–Crippen LogP) is 7.83. The molecule has 2 aromatic carbocycles. The number of carboxylic acids is 1. The summed E-state index contributed by atoms with van der Waals surface area (Å²) in [5, 5.41) is 18.8. The van der Waals surface area contributed by atoms with Crippen LogP contribution in [0.5, 0.6) is 11.5 Å². The summed E-state index contributed by atoms with van der Waals surface area (Å²) in [6.45, 7) is 11.0. The maximum atomic E-state index is 14.4. The number of carboxylic acid groups (broad SMARTS) is 1. The second-order valence-corrected chi connectivity index (χ2v) is 19.2. The zero-order valence-corrected chi connectivity index (χ0v) is 39.0. The van der Waals surface area contributed by atoms with Crippen LogP contribution in [0.4, 0.5) is 0 Å². The van der Waals surface area contributed by atoms with E-state index in [1.165, 1.54) is 0 Å². The third kappa shape index (κ3) is 10.3.